The molecule has 0 aliphatic carbocycles. The van der Waals surface area contributed by atoms with Crippen LogP contribution in [0, 0.1) is 0 Å². The van der Waals surface area contributed by atoms with Crippen LogP contribution >= 0.6 is 15.9 Å². The molecule has 86 valence electrons. The first-order chi connectivity index (χ1) is 7.67. The van der Waals surface area contributed by atoms with Crippen molar-refractivity contribution in [2.24, 2.45) is 4.99 Å². The van der Waals surface area contributed by atoms with Crippen LogP contribution in [0.3, 0.4) is 0 Å². The Morgan fingerprint density at radius 2 is 2.44 bits per heavy atom. The van der Waals surface area contributed by atoms with Crippen LogP contribution in [0.5, 0.6) is 0 Å². The van der Waals surface area contributed by atoms with E-state index in [1.54, 1.807) is 0 Å². The first-order valence-electron chi connectivity index (χ1n) is 5.29. The lowest BCUT2D eigenvalue weighted by Crippen LogP contribution is -2.47. The van der Waals surface area contributed by atoms with Crippen LogP contribution in [0.2, 0.25) is 0 Å². The molecule has 5 heteroatoms. The Labute approximate surface area is 103 Å². The fraction of sp³-hybridized carbons (Fsp3) is 0.455. The van der Waals surface area contributed by atoms with Crippen molar-refractivity contribution in [3.05, 3.63) is 22.3 Å². The highest BCUT2D eigenvalue weighted by molar-refractivity contribution is 9.11. The number of nitrogens with one attached hydrogen (secondary N) is 1. The lowest BCUT2D eigenvalue weighted by atomic mass is 10.1. The maximum atomic E-state index is 10.6. The average molecular weight is 284 g/mol. The van der Waals surface area contributed by atoms with Crippen molar-refractivity contribution in [1.82, 2.24) is 10.2 Å². The van der Waals surface area contributed by atoms with Crippen LogP contribution < -0.4 is 5.32 Å². The largest absolute Gasteiger partial charge is 0.336 e. The summed E-state index contributed by atoms with van der Waals surface area (Å²) >= 11 is 3.46. The van der Waals surface area contributed by atoms with Gasteiger partial charge >= 0.3 is 0 Å². The standard InChI is InChI=1S/C11H14BrN3O/c1-3-9-11(13-6-16)15-5-8(12)4-7(2)10(15)14-9/h4-6,9,11H,3H2,1-2H3,(H,13,16). The molecule has 2 atom stereocenters. The van der Waals surface area contributed by atoms with Crippen molar-refractivity contribution in [3.8, 4) is 0 Å². The van der Waals surface area contributed by atoms with E-state index in [0.29, 0.717) is 0 Å². The number of aliphatic imine (C=N–C) groups is 1. The SMILES string of the molecule is CCC1N=C2C(C)=CC(Br)=CN2C1NC=O. The second-order valence-corrected chi connectivity index (χ2v) is 4.82. The summed E-state index contributed by atoms with van der Waals surface area (Å²) in [7, 11) is 0. The molecule has 0 spiro atoms. The van der Waals surface area contributed by atoms with Crippen molar-refractivity contribution in [1.29, 1.82) is 0 Å². The Hall–Kier alpha value is -1.10. The minimum Gasteiger partial charge on any atom is -0.336 e. The van der Waals surface area contributed by atoms with Crippen molar-refractivity contribution < 1.29 is 4.79 Å². The molecule has 2 aliphatic heterocycles. The molecule has 0 radical (unpaired) electrons. The first kappa shape index (κ1) is 11.4. The summed E-state index contributed by atoms with van der Waals surface area (Å²) in [4.78, 5) is 17.3. The molecule has 2 rings (SSSR count). The third kappa shape index (κ3) is 1.80. The van der Waals surface area contributed by atoms with Crippen LogP contribution in [0.15, 0.2) is 27.3 Å². The van der Waals surface area contributed by atoms with Crippen molar-refractivity contribution in [3.63, 3.8) is 0 Å². The van der Waals surface area contributed by atoms with Crippen LogP contribution in [0.1, 0.15) is 20.3 Å². The van der Waals surface area contributed by atoms with E-state index in [-0.39, 0.29) is 12.2 Å². The minimum absolute atomic E-state index is 0.0614. The molecular formula is C11H14BrN3O. The predicted molar refractivity (Wildman–Crippen MR) is 67.1 cm³/mol. The molecule has 0 aromatic rings. The van der Waals surface area contributed by atoms with Crippen LogP contribution in [0.4, 0.5) is 0 Å². The Balaban J connectivity index is 2.33. The third-order valence-electron chi connectivity index (χ3n) is 2.82. The van der Waals surface area contributed by atoms with Gasteiger partial charge < -0.3 is 10.2 Å². The lowest BCUT2D eigenvalue weighted by molar-refractivity contribution is -0.110. The Bertz CT molecular complexity index is 400. The van der Waals surface area contributed by atoms with Crippen LogP contribution in [0.25, 0.3) is 0 Å². The number of hydrogen-bond acceptors (Lipinski definition) is 3. The Morgan fingerprint density at radius 1 is 1.69 bits per heavy atom. The summed E-state index contributed by atoms with van der Waals surface area (Å²) in [6.07, 6.45) is 5.58. The predicted octanol–water partition coefficient (Wildman–Crippen LogP) is 1.75. The second kappa shape index (κ2) is 4.41. The molecule has 0 aromatic heterocycles. The van der Waals surface area contributed by atoms with Crippen molar-refractivity contribution >= 4 is 28.2 Å². The molecule has 4 nitrogen and oxygen atoms in total. The minimum atomic E-state index is -0.0614. The highest BCUT2D eigenvalue weighted by atomic mass is 79.9. The average Bonchev–Trinajstić information content (AvgIpc) is 2.58. The molecule has 1 amide bonds. The lowest BCUT2D eigenvalue weighted by Gasteiger charge is -2.28. The highest BCUT2D eigenvalue weighted by Crippen LogP contribution is 2.28. The summed E-state index contributed by atoms with van der Waals surface area (Å²) in [6, 6.07) is 0.123. The number of amides is 1. The summed E-state index contributed by atoms with van der Waals surface area (Å²) in [5.74, 6) is 0.953. The molecule has 0 saturated carbocycles. The van der Waals surface area contributed by atoms with Gasteiger partial charge in [-0.1, -0.05) is 6.92 Å². The summed E-state index contributed by atoms with van der Waals surface area (Å²) < 4.78 is 0.999. The van der Waals surface area contributed by atoms with Gasteiger partial charge in [-0.2, -0.15) is 0 Å². The normalized spacial score (nSPS) is 27.9. The van der Waals surface area contributed by atoms with Gasteiger partial charge in [0, 0.05) is 10.7 Å². The zero-order valence-corrected chi connectivity index (χ0v) is 10.9. The fourth-order valence-corrected chi connectivity index (χ4v) is 2.64. The Kier molecular flexibility index (Phi) is 3.14. The van der Waals surface area contributed by atoms with Gasteiger partial charge in [-0.15, -0.1) is 0 Å². The van der Waals surface area contributed by atoms with E-state index in [2.05, 4.69) is 33.2 Å². The van der Waals surface area contributed by atoms with E-state index in [1.165, 1.54) is 0 Å². The summed E-state index contributed by atoms with van der Waals surface area (Å²) in [5, 5.41) is 2.82. The summed E-state index contributed by atoms with van der Waals surface area (Å²) in [5.41, 5.74) is 1.11. The number of halogens is 1. The van der Waals surface area contributed by atoms with Crippen LogP contribution in [-0.4, -0.2) is 29.4 Å². The smallest absolute Gasteiger partial charge is 0.208 e. The third-order valence-corrected chi connectivity index (χ3v) is 3.26. The van der Waals surface area contributed by atoms with Gasteiger partial charge in [0.2, 0.25) is 6.41 Å². The maximum absolute atomic E-state index is 10.6. The van der Waals surface area contributed by atoms with Gasteiger partial charge in [-0.05, 0) is 40.9 Å². The monoisotopic (exact) mass is 283 g/mol. The van der Waals surface area contributed by atoms with E-state index >= 15 is 0 Å². The van der Waals surface area contributed by atoms with E-state index in [1.807, 2.05) is 24.1 Å². The number of hydrogen-bond donors (Lipinski definition) is 1. The molecule has 2 unspecified atom stereocenters. The number of rotatable bonds is 3. The second-order valence-electron chi connectivity index (χ2n) is 3.91. The number of nitrogens with zero attached hydrogens (tertiary/aromatic N) is 2. The van der Waals surface area contributed by atoms with Gasteiger partial charge in [0.15, 0.2) is 0 Å². The topological polar surface area (TPSA) is 44.7 Å². The molecular weight excluding hydrogens is 270 g/mol. The summed E-state index contributed by atoms with van der Waals surface area (Å²) in [6.45, 7) is 4.10. The van der Waals surface area contributed by atoms with E-state index < -0.39 is 0 Å². The zero-order valence-electron chi connectivity index (χ0n) is 9.27. The number of carbonyl (C=O) groups excluding carboxylic acids is 1. The fourth-order valence-electron chi connectivity index (χ4n) is 2.08. The van der Waals surface area contributed by atoms with E-state index in [9.17, 15) is 4.79 Å². The highest BCUT2D eigenvalue weighted by Gasteiger charge is 2.35. The van der Waals surface area contributed by atoms with Gasteiger partial charge in [-0.25, -0.2) is 0 Å². The quantitative estimate of drug-likeness (QED) is 0.802. The molecule has 2 aliphatic rings. The van der Waals surface area contributed by atoms with Gasteiger partial charge in [0.25, 0.3) is 0 Å². The van der Waals surface area contributed by atoms with Crippen molar-refractivity contribution in [2.75, 3.05) is 0 Å². The van der Waals surface area contributed by atoms with Gasteiger partial charge in [0.05, 0.1) is 6.04 Å². The number of fused-ring (bicyclic) bond motifs is 1. The molecule has 0 fully saturated rings. The van der Waals surface area contributed by atoms with Crippen molar-refractivity contribution in [2.45, 2.75) is 32.5 Å². The molecule has 1 N–H and O–H groups in total. The van der Waals surface area contributed by atoms with Gasteiger partial charge in [0.1, 0.15) is 12.0 Å². The molecule has 2 heterocycles. The van der Waals surface area contributed by atoms with E-state index in [0.717, 1.165) is 28.7 Å². The molecule has 0 bridgehead atoms. The number of carbonyl (C=O) groups is 1. The maximum Gasteiger partial charge on any atom is 0.208 e. The number of amidine groups is 1. The first-order valence-corrected chi connectivity index (χ1v) is 6.08. The van der Waals surface area contributed by atoms with Crippen LogP contribution in [-0.2, 0) is 4.79 Å². The molecule has 16 heavy (non-hydrogen) atoms. The Morgan fingerprint density at radius 3 is 3.06 bits per heavy atom. The molecule has 0 aromatic carbocycles. The zero-order chi connectivity index (χ0) is 11.7. The molecule has 0 saturated heterocycles. The van der Waals surface area contributed by atoms with E-state index in [4.69, 9.17) is 0 Å². The van der Waals surface area contributed by atoms with Gasteiger partial charge in [-0.3, -0.25) is 9.79 Å². The number of allylic oxidation sites excluding steroid dienone is 2.